The number of alkyl carbamates (subject to hydrolysis) is 1. The van der Waals surface area contributed by atoms with Crippen LogP contribution in [0.3, 0.4) is 0 Å². The minimum absolute atomic E-state index is 0.0490. The number of benzene rings is 3. The van der Waals surface area contributed by atoms with Crippen molar-refractivity contribution >= 4 is 64.6 Å². The van der Waals surface area contributed by atoms with Crippen LogP contribution in [0.1, 0.15) is 37.0 Å². The summed E-state index contributed by atoms with van der Waals surface area (Å²) in [5.41, 5.74) is 1.33. The molecule has 2 N–H and O–H groups in total. The van der Waals surface area contributed by atoms with Gasteiger partial charge in [0.25, 0.3) is 17.1 Å². The summed E-state index contributed by atoms with van der Waals surface area (Å²) in [7, 11) is 0. The molecule has 62 heavy (non-hydrogen) atoms. The second-order valence-corrected chi connectivity index (χ2v) is 17.2. The summed E-state index contributed by atoms with van der Waals surface area (Å²) in [5.74, 6) is -1.44. The summed E-state index contributed by atoms with van der Waals surface area (Å²) in [4.78, 5) is 88.1. The van der Waals surface area contributed by atoms with E-state index in [0.29, 0.717) is 39.5 Å². The number of aliphatic hydroxyl groups is 1. The van der Waals surface area contributed by atoms with E-state index < -0.39 is 56.9 Å². The highest BCUT2D eigenvalue weighted by molar-refractivity contribution is 8.03. The van der Waals surface area contributed by atoms with Crippen LogP contribution >= 0.6 is 23.5 Å². The Morgan fingerprint density at radius 1 is 0.823 bits per heavy atom. The van der Waals surface area contributed by atoms with Gasteiger partial charge in [0.2, 0.25) is 5.91 Å². The minimum Gasteiger partial charge on any atom is -0.456 e. The molecule has 3 aliphatic heterocycles. The minimum atomic E-state index is -0.978. The number of hydrogen-bond acceptors (Lipinski definition) is 16. The van der Waals surface area contributed by atoms with Crippen molar-refractivity contribution in [1.82, 2.24) is 15.1 Å². The number of likely N-dealkylation sites (tertiary alicyclic amines) is 1. The van der Waals surface area contributed by atoms with Crippen molar-refractivity contribution in [2.75, 3.05) is 24.6 Å². The molecular weight excluding hydrogens is 853 g/mol. The Kier molecular flexibility index (Phi) is 14.7. The SMILES string of the molecule is C[C@@H](O)[C@H]1C(=O)N2C(C(=O)OCc3ccc([N+](=O)[O-])cc3)=C(S[C@H]3C[C@@H](CSCCNC(=O)OCc4ccc([N+](=O)[O-])cc4)N(C(=O)OCc4ccc([N+](=O)[O-])cc4)C3)[C@H](C)[C@H]12. The van der Waals surface area contributed by atoms with E-state index >= 15 is 0 Å². The van der Waals surface area contributed by atoms with E-state index in [1.807, 2.05) is 6.92 Å². The van der Waals surface area contributed by atoms with Gasteiger partial charge in [-0.2, -0.15) is 11.8 Å². The molecule has 3 aromatic rings. The first-order valence-corrected chi connectivity index (χ1v) is 21.4. The molecule has 6 rings (SSSR count). The van der Waals surface area contributed by atoms with E-state index in [0.717, 1.165) is 0 Å². The molecule has 0 unspecified atom stereocenters. The van der Waals surface area contributed by atoms with Gasteiger partial charge >= 0.3 is 18.2 Å². The molecule has 328 valence electrons. The fourth-order valence-corrected chi connectivity index (χ4v) is 9.98. The number of hydrogen-bond donors (Lipinski definition) is 2. The summed E-state index contributed by atoms with van der Waals surface area (Å²) in [6.07, 6.45) is -1.84. The van der Waals surface area contributed by atoms with Gasteiger partial charge in [-0.1, -0.05) is 6.92 Å². The molecule has 2 saturated heterocycles. The second kappa shape index (κ2) is 20.1. The molecule has 0 radical (unpaired) electrons. The molecule has 6 atom stereocenters. The normalized spacial score (nSPS) is 20.8. The third-order valence-corrected chi connectivity index (χ3v) is 13.2. The van der Waals surface area contributed by atoms with Crippen molar-refractivity contribution < 1.29 is 53.3 Å². The number of nitro benzene ring substituents is 3. The molecular formula is C40H42N6O14S2. The molecule has 3 amide bonds. The Hall–Kier alpha value is -6.26. The number of carbonyl (C=O) groups is 4. The number of rotatable bonds is 18. The molecule has 20 nitrogen and oxygen atoms in total. The second-order valence-electron chi connectivity index (χ2n) is 14.7. The molecule has 0 spiro atoms. The molecule has 0 aromatic heterocycles. The Balaban J connectivity index is 1.12. The third-order valence-electron chi connectivity index (χ3n) is 10.6. The van der Waals surface area contributed by atoms with Crippen molar-refractivity contribution in [1.29, 1.82) is 0 Å². The largest absolute Gasteiger partial charge is 0.456 e. The van der Waals surface area contributed by atoms with Gasteiger partial charge in [0, 0.05) is 83.1 Å². The first-order chi connectivity index (χ1) is 29.6. The molecule has 0 aliphatic carbocycles. The van der Waals surface area contributed by atoms with Crippen molar-refractivity contribution in [2.45, 2.75) is 63.5 Å². The van der Waals surface area contributed by atoms with Crippen LogP contribution in [0, 0.1) is 42.2 Å². The Morgan fingerprint density at radius 2 is 1.32 bits per heavy atom. The number of nitrogens with one attached hydrogen (secondary N) is 1. The number of aliphatic hydroxyl groups excluding tert-OH is 1. The maximum absolute atomic E-state index is 13.8. The van der Waals surface area contributed by atoms with Crippen molar-refractivity contribution in [3.05, 3.63) is 130 Å². The third kappa shape index (κ3) is 10.6. The van der Waals surface area contributed by atoms with E-state index in [1.54, 1.807) is 4.90 Å². The summed E-state index contributed by atoms with van der Waals surface area (Å²) in [6.45, 7) is 3.35. The average Bonchev–Trinajstić information content (AvgIpc) is 3.76. The van der Waals surface area contributed by atoms with Crippen LogP contribution in [0.2, 0.25) is 0 Å². The van der Waals surface area contributed by atoms with Crippen LogP contribution in [0.5, 0.6) is 0 Å². The summed E-state index contributed by atoms with van der Waals surface area (Å²) >= 11 is 2.81. The van der Waals surface area contributed by atoms with Crippen LogP contribution in [0.25, 0.3) is 0 Å². The number of thioether (sulfide) groups is 2. The fraction of sp³-hybridized carbons (Fsp3) is 0.400. The van der Waals surface area contributed by atoms with Crippen molar-refractivity contribution in [2.24, 2.45) is 11.8 Å². The topological polar surface area (TPSA) is 264 Å². The van der Waals surface area contributed by atoms with E-state index in [1.165, 1.54) is 108 Å². The number of ether oxygens (including phenoxy) is 3. The first kappa shape index (κ1) is 45.3. The predicted molar refractivity (Wildman–Crippen MR) is 223 cm³/mol. The van der Waals surface area contributed by atoms with Crippen LogP contribution in [0.4, 0.5) is 26.7 Å². The first-order valence-electron chi connectivity index (χ1n) is 19.3. The zero-order chi connectivity index (χ0) is 44.7. The Morgan fingerprint density at radius 3 is 1.82 bits per heavy atom. The molecule has 3 aromatic carbocycles. The molecule has 22 heteroatoms. The van der Waals surface area contributed by atoms with Crippen molar-refractivity contribution in [3.8, 4) is 0 Å². The molecule has 0 bridgehead atoms. The Labute approximate surface area is 362 Å². The van der Waals surface area contributed by atoms with Gasteiger partial charge in [0.05, 0.1) is 32.8 Å². The van der Waals surface area contributed by atoms with Gasteiger partial charge in [-0.15, -0.1) is 11.8 Å². The van der Waals surface area contributed by atoms with Gasteiger partial charge in [0.15, 0.2) is 0 Å². The highest BCUT2D eigenvalue weighted by atomic mass is 32.2. The number of β-lactam (4-membered cyclic amide) rings is 1. The van der Waals surface area contributed by atoms with Crippen molar-refractivity contribution in [3.63, 3.8) is 0 Å². The highest BCUT2D eigenvalue weighted by Crippen LogP contribution is 2.52. The number of non-ortho nitro benzene ring substituents is 3. The smallest absolute Gasteiger partial charge is 0.410 e. The van der Waals surface area contributed by atoms with E-state index in [9.17, 15) is 54.6 Å². The number of nitro groups is 3. The maximum Gasteiger partial charge on any atom is 0.410 e. The van der Waals surface area contributed by atoms with Crippen LogP contribution in [-0.4, -0.2) is 102 Å². The number of carbonyl (C=O) groups excluding carboxylic acids is 4. The predicted octanol–water partition coefficient (Wildman–Crippen LogP) is 5.70. The molecule has 0 saturated carbocycles. The lowest BCUT2D eigenvalue weighted by Gasteiger charge is -2.46. The highest BCUT2D eigenvalue weighted by Gasteiger charge is 2.60. The monoisotopic (exact) mass is 894 g/mol. The number of fused-ring (bicyclic) bond motifs is 1. The lowest BCUT2D eigenvalue weighted by molar-refractivity contribution is -0.385. The van der Waals surface area contributed by atoms with Gasteiger partial charge in [-0.05, 0) is 66.4 Å². The molecule has 3 aliphatic rings. The van der Waals surface area contributed by atoms with Gasteiger partial charge in [-0.3, -0.25) is 35.1 Å². The van der Waals surface area contributed by atoms with Crippen LogP contribution in [0.15, 0.2) is 83.4 Å². The molecule has 3 heterocycles. The molecule has 2 fully saturated rings. The summed E-state index contributed by atoms with van der Waals surface area (Å²) < 4.78 is 16.5. The van der Waals surface area contributed by atoms with Crippen LogP contribution in [-0.2, 0) is 43.6 Å². The lowest BCUT2D eigenvalue weighted by atomic mass is 9.79. The van der Waals surface area contributed by atoms with E-state index in [2.05, 4.69) is 5.32 Å². The maximum atomic E-state index is 13.8. The zero-order valence-electron chi connectivity index (χ0n) is 33.4. The zero-order valence-corrected chi connectivity index (χ0v) is 35.0. The number of nitrogens with zero attached hydrogens (tertiary/aromatic N) is 5. The fourth-order valence-electron chi connectivity index (χ4n) is 7.42. The van der Waals surface area contributed by atoms with Crippen LogP contribution < -0.4 is 5.32 Å². The lowest BCUT2D eigenvalue weighted by Crippen LogP contribution is -2.63. The number of esters is 1. The quantitative estimate of drug-likeness (QED) is 0.0387. The Bertz CT molecular complexity index is 2220. The van der Waals surface area contributed by atoms with Gasteiger partial charge < -0.3 is 34.4 Å². The van der Waals surface area contributed by atoms with E-state index in [-0.39, 0.29) is 72.9 Å². The standard InChI is InChI=1S/C40H42N6O14S2/c1-23-34-33(24(2)47)37(48)43(34)35(38(49)58-19-25-3-9-28(10-4-25)44(52)53)36(23)62-32-17-31(42(18-32)40(51)60-21-27-7-13-30(14-8-27)46(56)57)22-61-16-15-41-39(50)59-20-26-5-11-29(12-6-26)45(54)55/h3-14,23-24,31-34,47H,15-22H2,1-2H3,(H,41,50)/t23-,24-,31+,32+,33-,34-/m1/s1. The summed E-state index contributed by atoms with van der Waals surface area (Å²) in [5, 5.41) is 45.9. The summed E-state index contributed by atoms with van der Waals surface area (Å²) in [6, 6.07) is 15.9. The van der Waals surface area contributed by atoms with Gasteiger partial charge in [0.1, 0.15) is 25.5 Å². The average molecular weight is 895 g/mol. The van der Waals surface area contributed by atoms with Gasteiger partial charge in [-0.25, -0.2) is 14.4 Å². The van der Waals surface area contributed by atoms with E-state index in [4.69, 9.17) is 14.2 Å². The number of amides is 3.